The third-order valence-electron chi connectivity index (χ3n) is 3.90. The van der Waals surface area contributed by atoms with Gasteiger partial charge in [-0.25, -0.2) is 4.98 Å². The van der Waals surface area contributed by atoms with Crippen LogP contribution in [-0.4, -0.2) is 32.7 Å². The van der Waals surface area contributed by atoms with Gasteiger partial charge >= 0.3 is 0 Å². The third-order valence-corrected chi connectivity index (χ3v) is 6.33. The molecule has 3 heterocycles. The van der Waals surface area contributed by atoms with Crippen LogP contribution in [0.4, 0.5) is 10.5 Å². The molecule has 4 rings (SSSR count). The zero-order valence-electron chi connectivity index (χ0n) is 13.9. The molecule has 136 valence electrons. The second-order valence-electron chi connectivity index (χ2n) is 5.74. The van der Waals surface area contributed by atoms with Crippen molar-refractivity contribution in [2.24, 2.45) is 0 Å². The van der Waals surface area contributed by atoms with Gasteiger partial charge in [0.2, 0.25) is 5.91 Å². The number of thioether (sulfide) groups is 1. The minimum atomic E-state index is -0.276. The number of imide groups is 1. The number of hydrogen-bond donors (Lipinski definition) is 1. The lowest BCUT2D eigenvalue weighted by molar-refractivity contribution is -0.125. The Hall–Kier alpha value is -2.49. The highest BCUT2D eigenvalue weighted by Crippen LogP contribution is 2.26. The molecule has 9 heteroatoms. The summed E-state index contributed by atoms with van der Waals surface area (Å²) in [7, 11) is 0. The number of nitrogens with zero attached hydrogens (tertiary/aromatic N) is 2. The average Bonchev–Trinajstić information content (AvgIpc) is 3.40. The number of aromatic nitrogens is 1. The molecule has 0 atom stereocenters. The predicted octanol–water partition coefficient (Wildman–Crippen LogP) is 4.32. The van der Waals surface area contributed by atoms with Crippen LogP contribution in [0.5, 0.6) is 0 Å². The molecule has 3 amide bonds. The first-order valence-corrected chi connectivity index (χ1v) is 10.8. The first kappa shape index (κ1) is 17.9. The highest BCUT2D eigenvalue weighted by Gasteiger charge is 2.29. The average molecular weight is 416 g/mol. The SMILES string of the molecule is O=C(Nc1ccc(CN2C(=O)CSC2=O)cc1)c1csc(-c2ccsc2)n1. The highest BCUT2D eigenvalue weighted by atomic mass is 32.2. The van der Waals surface area contributed by atoms with E-state index >= 15 is 0 Å². The first-order chi connectivity index (χ1) is 13.1. The van der Waals surface area contributed by atoms with Crippen LogP contribution in [0, 0.1) is 0 Å². The Kier molecular flexibility index (Phi) is 5.06. The van der Waals surface area contributed by atoms with Crippen molar-refractivity contribution in [2.75, 3.05) is 11.1 Å². The summed E-state index contributed by atoms with van der Waals surface area (Å²) in [5.74, 6) is -0.248. The van der Waals surface area contributed by atoms with Gasteiger partial charge in [0.05, 0.1) is 12.3 Å². The molecule has 3 aromatic rings. The van der Waals surface area contributed by atoms with Crippen molar-refractivity contribution >= 4 is 57.2 Å². The summed E-state index contributed by atoms with van der Waals surface area (Å²) in [6.07, 6.45) is 0. The Bertz CT molecular complexity index is 981. The zero-order valence-corrected chi connectivity index (χ0v) is 16.3. The normalized spacial score (nSPS) is 14.0. The van der Waals surface area contributed by atoms with Crippen LogP contribution in [0.3, 0.4) is 0 Å². The summed E-state index contributed by atoms with van der Waals surface area (Å²) in [5, 5.41) is 9.11. The molecular formula is C18H13N3O3S3. The number of thiazole rings is 1. The molecule has 0 bridgehead atoms. The minimum absolute atomic E-state index is 0.174. The lowest BCUT2D eigenvalue weighted by atomic mass is 10.2. The van der Waals surface area contributed by atoms with Crippen LogP contribution in [0.2, 0.25) is 0 Å². The smallest absolute Gasteiger partial charge is 0.289 e. The number of nitrogens with one attached hydrogen (secondary N) is 1. The number of amides is 3. The molecule has 1 aliphatic rings. The van der Waals surface area contributed by atoms with E-state index < -0.39 is 0 Å². The van der Waals surface area contributed by atoms with Crippen molar-refractivity contribution in [1.82, 2.24) is 9.88 Å². The maximum absolute atomic E-state index is 12.4. The molecule has 1 aliphatic heterocycles. The first-order valence-electron chi connectivity index (χ1n) is 7.95. The number of carbonyl (C=O) groups is 3. The van der Waals surface area contributed by atoms with E-state index in [1.807, 2.05) is 16.8 Å². The van der Waals surface area contributed by atoms with Gasteiger partial charge in [0, 0.05) is 22.0 Å². The van der Waals surface area contributed by atoms with Gasteiger partial charge in [-0.15, -0.1) is 11.3 Å². The number of anilines is 1. The molecule has 0 unspecified atom stereocenters. The van der Waals surface area contributed by atoms with Gasteiger partial charge < -0.3 is 5.32 Å². The quantitative estimate of drug-likeness (QED) is 0.671. The van der Waals surface area contributed by atoms with Crippen LogP contribution in [-0.2, 0) is 11.3 Å². The highest BCUT2D eigenvalue weighted by molar-refractivity contribution is 8.14. The fourth-order valence-electron chi connectivity index (χ4n) is 2.50. The van der Waals surface area contributed by atoms with E-state index in [2.05, 4.69) is 10.3 Å². The molecular weight excluding hydrogens is 402 g/mol. The summed E-state index contributed by atoms with van der Waals surface area (Å²) in [4.78, 5) is 41.3. The fourth-order valence-corrected chi connectivity index (χ4v) is 4.74. The topological polar surface area (TPSA) is 79.4 Å². The third kappa shape index (κ3) is 3.95. The van der Waals surface area contributed by atoms with Crippen molar-refractivity contribution in [1.29, 1.82) is 0 Å². The molecule has 0 saturated carbocycles. The van der Waals surface area contributed by atoms with Crippen molar-refractivity contribution in [3.8, 4) is 10.6 Å². The van der Waals surface area contributed by atoms with Crippen molar-refractivity contribution in [3.05, 3.63) is 57.7 Å². The van der Waals surface area contributed by atoms with E-state index in [9.17, 15) is 14.4 Å². The predicted molar refractivity (Wildman–Crippen MR) is 108 cm³/mol. The molecule has 1 N–H and O–H groups in total. The van der Waals surface area contributed by atoms with E-state index in [-0.39, 0.29) is 29.4 Å². The Labute approximate surface area is 167 Å². The Balaban J connectivity index is 1.40. The van der Waals surface area contributed by atoms with Crippen LogP contribution in [0.25, 0.3) is 10.6 Å². The van der Waals surface area contributed by atoms with Gasteiger partial charge in [-0.3, -0.25) is 19.3 Å². The van der Waals surface area contributed by atoms with Gasteiger partial charge in [-0.05, 0) is 29.1 Å². The number of hydrogen-bond acceptors (Lipinski definition) is 7. The largest absolute Gasteiger partial charge is 0.321 e. The number of thiophene rings is 1. The monoisotopic (exact) mass is 415 g/mol. The standard InChI is InChI=1S/C18H13N3O3S3/c22-15-10-27-18(24)21(15)7-11-1-3-13(4-2-11)19-16(23)14-9-26-17(20-14)12-5-6-25-8-12/h1-6,8-9H,7,10H2,(H,19,23). The van der Waals surface area contributed by atoms with E-state index in [1.165, 1.54) is 16.2 Å². The Morgan fingerprint density at radius 2 is 1.96 bits per heavy atom. The van der Waals surface area contributed by atoms with Crippen LogP contribution in [0.1, 0.15) is 16.1 Å². The molecule has 0 radical (unpaired) electrons. The molecule has 0 aliphatic carbocycles. The minimum Gasteiger partial charge on any atom is -0.321 e. The second-order valence-corrected chi connectivity index (χ2v) is 8.30. The molecule has 1 saturated heterocycles. The molecule has 27 heavy (non-hydrogen) atoms. The summed E-state index contributed by atoms with van der Waals surface area (Å²) < 4.78 is 0. The van der Waals surface area contributed by atoms with Crippen LogP contribution >= 0.6 is 34.4 Å². The number of rotatable bonds is 5. The maximum atomic E-state index is 12.4. The van der Waals surface area contributed by atoms with Gasteiger partial charge in [0.1, 0.15) is 10.7 Å². The lowest BCUT2D eigenvalue weighted by Gasteiger charge is -2.13. The Morgan fingerprint density at radius 3 is 2.63 bits per heavy atom. The number of carbonyl (C=O) groups excluding carboxylic acids is 3. The summed E-state index contributed by atoms with van der Waals surface area (Å²) >= 11 is 4.03. The molecule has 1 fully saturated rings. The van der Waals surface area contributed by atoms with Crippen LogP contribution in [0.15, 0.2) is 46.5 Å². The van der Waals surface area contributed by atoms with Gasteiger partial charge in [0.15, 0.2) is 0 Å². The molecule has 0 spiro atoms. The molecule has 6 nitrogen and oxygen atoms in total. The Morgan fingerprint density at radius 1 is 1.15 bits per heavy atom. The lowest BCUT2D eigenvalue weighted by Crippen LogP contribution is -2.27. The fraction of sp³-hybridized carbons (Fsp3) is 0.111. The van der Waals surface area contributed by atoms with Gasteiger partial charge in [-0.2, -0.15) is 11.3 Å². The maximum Gasteiger partial charge on any atom is 0.289 e. The summed E-state index contributed by atoms with van der Waals surface area (Å²) in [5.41, 5.74) is 2.83. The summed E-state index contributed by atoms with van der Waals surface area (Å²) in [6, 6.07) is 9.04. The van der Waals surface area contributed by atoms with E-state index in [0.717, 1.165) is 27.9 Å². The van der Waals surface area contributed by atoms with Crippen molar-refractivity contribution in [3.63, 3.8) is 0 Å². The van der Waals surface area contributed by atoms with Crippen molar-refractivity contribution in [2.45, 2.75) is 6.54 Å². The summed E-state index contributed by atoms with van der Waals surface area (Å²) in [6.45, 7) is 0.245. The van der Waals surface area contributed by atoms with Gasteiger partial charge in [-0.1, -0.05) is 23.9 Å². The number of benzene rings is 1. The molecule has 1 aromatic carbocycles. The zero-order chi connectivity index (χ0) is 18.8. The van der Waals surface area contributed by atoms with Crippen molar-refractivity contribution < 1.29 is 14.4 Å². The molecule has 2 aromatic heterocycles. The van der Waals surface area contributed by atoms with E-state index in [1.54, 1.807) is 41.0 Å². The van der Waals surface area contributed by atoms with Gasteiger partial charge in [0.25, 0.3) is 11.1 Å². The second kappa shape index (κ2) is 7.63. The van der Waals surface area contributed by atoms with E-state index in [4.69, 9.17) is 0 Å². The van der Waals surface area contributed by atoms with Crippen LogP contribution < -0.4 is 5.32 Å². The van der Waals surface area contributed by atoms with E-state index in [0.29, 0.717) is 11.4 Å².